The quantitative estimate of drug-likeness (QED) is 0.677. The van der Waals surface area contributed by atoms with Gasteiger partial charge in [-0.05, 0) is 39.7 Å². The highest BCUT2D eigenvalue weighted by Crippen LogP contribution is 2.26. The second kappa shape index (κ2) is 6.99. The number of rotatable bonds is 3. The number of halogens is 1. The molecule has 20 heavy (non-hydrogen) atoms. The molecule has 0 unspecified atom stereocenters. The predicted molar refractivity (Wildman–Crippen MR) is 76.7 cm³/mol. The van der Waals surface area contributed by atoms with Gasteiger partial charge in [0.15, 0.2) is 5.57 Å². The van der Waals surface area contributed by atoms with Gasteiger partial charge >= 0.3 is 0 Å². The Morgan fingerprint density at radius 3 is 2.35 bits per heavy atom. The van der Waals surface area contributed by atoms with E-state index in [9.17, 15) is 0 Å². The van der Waals surface area contributed by atoms with Gasteiger partial charge in [-0.25, -0.2) is 0 Å². The fourth-order valence-electron chi connectivity index (χ4n) is 1.39. The molecule has 1 rings (SSSR count). The molecule has 98 valence electrons. The molecule has 0 aliphatic heterocycles. The van der Waals surface area contributed by atoms with Gasteiger partial charge in [-0.2, -0.15) is 15.8 Å². The van der Waals surface area contributed by atoms with Crippen molar-refractivity contribution in [3.8, 4) is 24.0 Å². The number of methoxy groups -OCH3 is 1. The van der Waals surface area contributed by atoms with Crippen LogP contribution >= 0.6 is 15.9 Å². The Labute approximate surface area is 124 Å². The summed E-state index contributed by atoms with van der Waals surface area (Å²) in [5.74, 6) is 0.652. The van der Waals surface area contributed by atoms with Gasteiger partial charge in [0.05, 0.1) is 22.9 Å². The number of nitriles is 3. The molecule has 0 radical (unpaired) electrons. The maximum Gasteiger partial charge on any atom is 0.153 e. The largest absolute Gasteiger partial charge is 0.496 e. The van der Waals surface area contributed by atoms with Crippen LogP contribution in [-0.2, 0) is 0 Å². The van der Waals surface area contributed by atoms with Gasteiger partial charge in [0.2, 0.25) is 0 Å². The Balaban J connectivity index is 3.32. The van der Waals surface area contributed by atoms with Crippen LogP contribution in [0.5, 0.6) is 5.75 Å². The van der Waals surface area contributed by atoms with Crippen molar-refractivity contribution in [2.24, 2.45) is 5.73 Å². The van der Waals surface area contributed by atoms with Crippen molar-refractivity contribution < 1.29 is 4.74 Å². The van der Waals surface area contributed by atoms with E-state index in [2.05, 4.69) is 15.9 Å². The Morgan fingerprint density at radius 1 is 1.25 bits per heavy atom. The van der Waals surface area contributed by atoms with Crippen LogP contribution in [0.4, 0.5) is 0 Å². The second-order valence-electron chi connectivity index (χ2n) is 3.58. The molecule has 0 saturated carbocycles. The standard InChI is InChI=1S/C14H9BrN4O/c1-20-13-3-2-9(5-12(13)15)4-10(6-16)14(19)11(7-17)8-18/h2-5H,19H2,1H3. The van der Waals surface area contributed by atoms with Crippen LogP contribution in [0.2, 0.25) is 0 Å². The van der Waals surface area contributed by atoms with Crippen LogP contribution in [0.15, 0.2) is 39.5 Å². The number of benzene rings is 1. The van der Waals surface area contributed by atoms with Crippen LogP contribution in [0, 0.1) is 34.0 Å². The van der Waals surface area contributed by atoms with Gasteiger partial charge in [-0.15, -0.1) is 0 Å². The highest BCUT2D eigenvalue weighted by molar-refractivity contribution is 9.10. The van der Waals surface area contributed by atoms with Gasteiger partial charge in [-0.1, -0.05) is 6.07 Å². The summed E-state index contributed by atoms with van der Waals surface area (Å²) in [4.78, 5) is 0. The molecule has 1 aromatic carbocycles. The zero-order chi connectivity index (χ0) is 15.1. The van der Waals surface area contributed by atoms with Gasteiger partial charge in [-0.3, -0.25) is 0 Å². The number of nitrogens with zero attached hydrogens (tertiary/aromatic N) is 3. The first-order valence-corrected chi connectivity index (χ1v) is 6.12. The van der Waals surface area contributed by atoms with E-state index in [0.717, 1.165) is 4.47 Å². The predicted octanol–water partition coefficient (Wildman–Crippen LogP) is 2.62. The molecule has 2 N–H and O–H groups in total. The summed E-state index contributed by atoms with van der Waals surface area (Å²) < 4.78 is 5.82. The Morgan fingerprint density at radius 2 is 1.90 bits per heavy atom. The first-order valence-electron chi connectivity index (χ1n) is 5.33. The molecule has 6 heteroatoms. The molecule has 0 amide bonds. The van der Waals surface area contributed by atoms with Crippen LogP contribution in [0.3, 0.4) is 0 Å². The number of nitrogens with two attached hydrogens (primary N) is 1. The lowest BCUT2D eigenvalue weighted by molar-refractivity contribution is 0.412. The number of hydrogen-bond acceptors (Lipinski definition) is 5. The van der Waals surface area contributed by atoms with E-state index >= 15 is 0 Å². The first kappa shape index (κ1) is 15.3. The van der Waals surface area contributed by atoms with Crippen molar-refractivity contribution in [1.82, 2.24) is 0 Å². The highest BCUT2D eigenvalue weighted by Gasteiger charge is 2.08. The molecule has 0 atom stereocenters. The summed E-state index contributed by atoms with van der Waals surface area (Å²) in [7, 11) is 1.54. The molecule has 0 fully saturated rings. The minimum atomic E-state index is -0.287. The molecule has 1 aromatic rings. The van der Waals surface area contributed by atoms with Gasteiger partial charge < -0.3 is 10.5 Å². The van der Waals surface area contributed by atoms with Crippen molar-refractivity contribution in [2.45, 2.75) is 0 Å². The van der Waals surface area contributed by atoms with Crippen molar-refractivity contribution in [2.75, 3.05) is 7.11 Å². The molecule has 5 nitrogen and oxygen atoms in total. The van der Waals surface area contributed by atoms with Crippen LogP contribution in [0.1, 0.15) is 5.56 Å². The van der Waals surface area contributed by atoms with E-state index < -0.39 is 0 Å². The fourth-order valence-corrected chi connectivity index (χ4v) is 1.95. The van der Waals surface area contributed by atoms with Gasteiger partial charge in [0.1, 0.15) is 24.0 Å². The third-order valence-corrected chi connectivity index (χ3v) is 3.01. The van der Waals surface area contributed by atoms with Crippen molar-refractivity contribution in [1.29, 1.82) is 15.8 Å². The minimum Gasteiger partial charge on any atom is -0.496 e. The maximum absolute atomic E-state index is 9.08. The summed E-state index contributed by atoms with van der Waals surface area (Å²) in [5.41, 5.74) is 5.96. The number of hydrogen-bond donors (Lipinski definition) is 1. The lowest BCUT2D eigenvalue weighted by atomic mass is 10.1. The Hall–Kier alpha value is -2.75. The maximum atomic E-state index is 9.08. The summed E-state index contributed by atoms with van der Waals surface area (Å²) in [5, 5.41) is 26.6. The topological polar surface area (TPSA) is 107 Å². The molecule has 0 spiro atoms. The molecule has 0 aliphatic rings. The van der Waals surface area contributed by atoms with Gasteiger partial charge in [0.25, 0.3) is 0 Å². The van der Waals surface area contributed by atoms with E-state index in [1.807, 2.05) is 6.07 Å². The fraction of sp³-hybridized carbons (Fsp3) is 0.0714. The lowest BCUT2D eigenvalue weighted by Crippen LogP contribution is -2.03. The average Bonchev–Trinajstić information content (AvgIpc) is 2.46. The normalized spacial score (nSPS) is 9.85. The molecule has 0 aliphatic carbocycles. The molecule has 0 saturated heterocycles. The highest BCUT2D eigenvalue weighted by atomic mass is 79.9. The number of allylic oxidation sites excluding steroid dienone is 2. The van der Waals surface area contributed by atoms with Gasteiger partial charge in [0, 0.05) is 0 Å². The van der Waals surface area contributed by atoms with E-state index in [-0.39, 0.29) is 16.8 Å². The monoisotopic (exact) mass is 328 g/mol. The lowest BCUT2D eigenvalue weighted by Gasteiger charge is -2.04. The first-order chi connectivity index (χ1) is 9.57. The molecular weight excluding hydrogens is 320 g/mol. The third-order valence-electron chi connectivity index (χ3n) is 2.39. The molecule has 0 heterocycles. The summed E-state index contributed by atoms with van der Waals surface area (Å²) in [6, 6.07) is 10.4. The SMILES string of the molecule is COc1ccc(C=C(C#N)C(N)=C(C#N)C#N)cc1Br. The third kappa shape index (κ3) is 3.38. The summed E-state index contributed by atoms with van der Waals surface area (Å²) in [6.45, 7) is 0. The van der Waals surface area contributed by atoms with E-state index in [4.69, 9.17) is 26.3 Å². The van der Waals surface area contributed by atoms with Crippen LogP contribution < -0.4 is 10.5 Å². The summed E-state index contributed by atoms with van der Waals surface area (Å²) in [6.07, 6.45) is 1.49. The molecule has 0 bridgehead atoms. The van der Waals surface area contributed by atoms with Crippen LogP contribution in [-0.4, -0.2) is 7.11 Å². The van der Waals surface area contributed by atoms with Crippen molar-refractivity contribution in [3.63, 3.8) is 0 Å². The van der Waals surface area contributed by atoms with Crippen molar-refractivity contribution >= 4 is 22.0 Å². The Bertz CT molecular complexity index is 698. The van der Waals surface area contributed by atoms with E-state index in [1.165, 1.54) is 6.08 Å². The minimum absolute atomic E-state index is 0.0557. The average molecular weight is 329 g/mol. The molecular formula is C14H9BrN4O. The zero-order valence-corrected chi connectivity index (χ0v) is 12.1. The number of ether oxygens (including phenoxy) is 1. The zero-order valence-electron chi connectivity index (χ0n) is 10.5. The summed E-state index contributed by atoms with van der Waals surface area (Å²) >= 11 is 3.33. The molecule has 0 aromatic heterocycles. The smallest absolute Gasteiger partial charge is 0.153 e. The van der Waals surface area contributed by atoms with E-state index in [1.54, 1.807) is 37.4 Å². The van der Waals surface area contributed by atoms with E-state index in [0.29, 0.717) is 11.3 Å². The second-order valence-corrected chi connectivity index (χ2v) is 4.43. The Kier molecular flexibility index (Phi) is 5.35. The van der Waals surface area contributed by atoms with Crippen molar-refractivity contribution in [3.05, 3.63) is 45.1 Å². The van der Waals surface area contributed by atoms with Crippen LogP contribution in [0.25, 0.3) is 6.08 Å².